The smallest absolute Gasteiger partial charge is 0.294 e. The van der Waals surface area contributed by atoms with E-state index in [1.165, 1.54) is 11.8 Å². The number of likely N-dealkylation sites (tertiary alicyclic amines) is 1. The van der Waals surface area contributed by atoms with Crippen LogP contribution in [0.2, 0.25) is 0 Å². The molecule has 0 spiro atoms. The zero-order valence-corrected chi connectivity index (χ0v) is 16.6. The number of aromatic nitrogens is 2. The van der Waals surface area contributed by atoms with E-state index in [0.717, 1.165) is 12.0 Å². The van der Waals surface area contributed by atoms with E-state index in [0.29, 0.717) is 18.7 Å². The molecule has 1 aliphatic heterocycles. The van der Waals surface area contributed by atoms with E-state index in [9.17, 15) is 19.5 Å². The van der Waals surface area contributed by atoms with Gasteiger partial charge in [-0.05, 0) is 18.9 Å². The summed E-state index contributed by atoms with van der Waals surface area (Å²) < 4.78 is 5.30. The summed E-state index contributed by atoms with van der Waals surface area (Å²) in [6, 6.07) is 6.83. The molecule has 2 N–H and O–H groups in total. The van der Waals surface area contributed by atoms with Crippen LogP contribution >= 0.6 is 0 Å². The van der Waals surface area contributed by atoms with Gasteiger partial charge in [-0.3, -0.25) is 14.4 Å². The van der Waals surface area contributed by atoms with Crippen LogP contribution < -0.4 is 10.3 Å². The third-order valence-corrected chi connectivity index (χ3v) is 5.04. The molecule has 0 saturated carbocycles. The lowest BCUT2D eigenvalue weighted by Crippen LogP contribution is -2.33. The predicted molar refractivity (Wildman–Crippen MR) is 105 cm³/mol. The molecule has 1 atom stereocenters. The molecule has 9 nitrogen and oxygen atoms in total. The normalized spacial score (nSPS) is 16.0. The number of ether oxygens (including phenoxy) is 1. The average molecular weight is 400 g/mol. The molecule has 0 aliphatic carbocycles. The number of H-pyrrole nitrogens is 1. The van der Waals surface area contributed by atoms with Gasteiger partial charge in [0, 0.05) is 32.6 Å². The van der Waals surface area contributed by atoms with Crippen LogP contribution in [0.1, 0.15) is 47.7 Å². The molecule has 1 unspecified atom stereocenters. The van der Waals surface area contributed by atoms with Gasteiger partial charge in [-0.1, -0.05) is 18.2 Å². The minimum absolute atomic E-state index is 0.135. The fourth-order valence-electron chi connectivity index (χ4n) is 3.56. The highest BCUT2D eigenvalue weighted by molar-refractivity contribution is 5.94. The van der Waals surface area contributed by atoms with Crippen molar-refractivity contribution in [2.75, 3.05) is 20.7 Å². The molecular weight excluding hydrogens is 376 g/mol. The number of methoxy groups -OCH3 is 1. The Balaban J connectivity index is 1.91. The Kier molecular flexibility index (Phi) is 5.86. The Morgan fingerprint density at radius 3 is 2.79 bits per heavy atom. The van der Waals surface area contributed by atoms with Crippen LogP contribution in [-0.4, -0.2) is 57.4 Å². The standard InChI is InChI=1S/C20H24N4O5/c1-12(25)24-10-6-8-14(24)18-21-16(17(26)19(27)22-18)20(28)23(2)11-13-7-4-5-9-15(13)29-3/h4-5,7,9,14,26H,6,8,10-11H2,1-3H3,(H,21,22,27). The number of carbonyl (C=O) groups excluding carboxylic acids is 2. The molecule has 2 aromatic rings. The number of hydrogen-bond acceptors (Lipinski definition) is 6. The van der Waals surface area contributed by atoms with Crippen LogP contribution in [0.5, 0.6) is 11.5 Å². The summed E-state index contributed by atoms with van der Waals surface area (Å²) in [6.07, 6.45) is 1.39. The van der Waals surface area contributed by atoms with E-state index < -0.39 is 23.3 Å². The summed E-state index contributed by atoms with van der Waals surface area (Å²) in [5, 5.41) is 10.2. The summed E-state index contributed by atoms with van der Waals surface area (Å²) in [4.78, 5) is 46.7. The second-order valence-electron chi connectivity index (χ2n) is 6.99. The monoisotopic (exact) mass is 400 g/mol. The molecule has 9 heteroatoms. The Labute approximate surface area is 167 Å². The van der Waals surface area contributed by atoms with E-state index >= 15 is 0 Å². The average Bonchev–Trinajstić information content (AvgIpc) is 3.20. The first kappa shape index (κ1) is 20.4. The number of carbonyl (C=O) groups is 2. The Hall–Kier alpha value is -3.36. The summed E-state index contributed by atoms with van der Waals surface area (Å²) in [5.74, 6) is -0.649. The van der Waals surface area contributed by atoms with Gasteiger partial charge in [0.25, 0.3) is 11.5 Å². The SMILES string of the molecule is COc1ccccc1CN(C)C(=O)c1nc(C2CCCN2C(C)=O)[nH]c(=O)c1O. The number of aromatic amines is 1. The zero-order chi connectivity index (χ0) is 21.1. The van der Waals surface area contributed by atoms with Crippen molar-refractivity contribution in [2.24, 2.45) is 0 Å². The van der Waals surface area contributed by atoms with Crippen LogP contribution in [0.3, 0.4) is 0 Å². The minimum atomic E-state index is -0.806. The lowest BCUT2D eigenvalue weighted by molar-refractivity contribution is -0.129. The molecule has 1 aromatic carbocycles. The first-order chi connectivity index (χ1) is 13.8. The number of para-hydroxylation sites is 1. The maximum Gasteiger partial charge on any atom is 0.294 e. The van der Waals surface area contributed by atoms with E-state index in [-0.39, 0.29) is 24.0 Å². The maximum atomic E-state index is 12.9. The van der Waals surface area contributed by atoms with Crippen molar-refractivity contribution in [3.8, 4) is 11.5 Å². The molecule has 0 bridgehead atoms. The third kappa shape index (κ3) is 4.08. The molecule has 154 valence electrons. The van der Waals surface area contributed by atoms with Crippen molar-refractivity contribution in [1.82, 2.24) is 19.8 Å². The first-order valence-electron chi connectivity index (χ1n) is 9.31. The molecule has 2 heterocycles. The van der Waals surface area contributed by atoms with Crippen molar-refractivity contribution in [3.63, 3.8) is 0 Å². The number of benzene rings is 1. The summed E-state index contributed by atoms with van der Waals surface area (Å²) in [6.45, 7) is 2.21. The molecule has 3 rings (SSSR count). The summed E-state index contributed by atoms with van der Waals surface area (Å²) in [7, 11) is 3.09. The van der Waals surface area contributed by atoms with Crippen LogP contribution in [0, 0.1) is 0 Å². The molecule has 1 fully saturated rings. The second-order valence-corrected chi connectivity index (χ2v) is 6.99. The van der Waals surface area contributed by atoms with Crippen LogP contribution in [0.4, 0.5) is 0 Å². The van der Waals surface area contributed by atoms with Gasteiger partial charge in [0.2, 0.25) is 11.7 Å². The molecule has 1 aromatic heterocycles. The van der Waals surface area contributed by atoms with Crippen molar-refractivity contribution in [1.29, 1.82) is 0 Å². The fraction of sp³-hybridized carbons (Fsp3) is 0.400. The zero-order valence-electron chi connectivity index (χ0n) is 16.6. The maximum absolute atomic E-state index is 12.9. The van der Waals surface area contributed by atoms with E-state index in [1.54, 1.807) is 25.1 Å². The summed E-state index contributed by atoms with van der Waals surface area (Å²) in [5.41, 5.74) is -0.370. The van der Waals surface area contributed by atoms with E-state index in [1.807, 2.05) is 18.2 Å². The Bertz CT molecular complexity index is 987. The lowest BCUT2D eigenvalue weighted by Gasteiger charge is -2.23. The number of aromatic hydroxyl groups is 1. The lowest BCUT2D eigenvalue weighted by atomic mass is 10.1. The van der Waals surface area contributed by atoms with Gasteiger partial charge in [0.1, 0.15) is 11.6 Å². The Morgan fingerprint density at radius 1 is 1.38 bits per heavy atom. The highest BCUT2D eigenvalue weighted by Gasteiger charge is 2.32. The minimum Gasteiger partial charge on any atom is -0.501 e. The molecule has 1 saturated heterocycles. The number of nitrogens with one attached hydrogen (secondary N) is 1. The Morgan fingerprint density at radius 2 is 2.10 bits per heavy atom. The van der Waals surface area contributed by atoms with Crippen molar-refractivity contribution >= 4 is 11.8 Å². The summed E-state index contributed by atoms with van der Waals surface area (Å²) >= 11 is 0. The van der Waals surface area contributed by atoms with Crippen molar-refractivity contribution in [2.45, 2.75) is 32.4 Å². The van der Waals surface area contributed by atoms with Gasteiger partial charge in [-0.15, -0.1) is 0 Å². The van der Waals surface area contributed by atoms with Gasteiger partial charge in [-0.25, -0.2) is 4.98 Å². The second kappa shape index (κ2) is 8.34. The van der Waals surface area contributed by atoms with Gasteiger partial charge in [-0.2, -0.15) is 0 Å². The van der Waals surface area contributed by atoms with Crippen LogP contribution in [0.15, 0.2) is 29.1 Å². The largest absolute Gasteiger partial charge is 0.501 e. The number of amides is 2. The third-order valence-electron chi connectivity index (χ3n) is 5.04. The number of nitrogens with zero attached hydrogens (tertiary/aromatic N) is 3. The molecule has 29 heavy (non-hydrogen) atoms. The first-order valence-corrected chi connectivity index (χ1v) is 9.31. The highest BCUT2D eigenvalue weighted by atomic mass is 16.5. The molecular formula is C20H24N4O5. The fourth-order valence-corrected chi connectivity index (χ4v) is 3.56. The predicted octanol–water partition coefficient (Wildman–Crippen LogP) is 1.44. The molecule has 2 amide bonds. The number of rotatable bonds is 5. The number of hydrogen-bond donors (Lipinski definition) is 2. The van der Waals surface area contributed by atoms with E-state index in [2.05, 4.69) is 9.97 Å². The molecule has 0 radical (unpaired) electrons. The van der Waals surface area contributed by atoms with Gasteiger partial charge in [0.15, 0.2) is 5.69 Å². The highest BCUT2D eigenvalue weighted by Crippen LogP contribution is 2.30. The van der Waals surface area contributed by atoms with Crippen LogP contribution in [0.25, 0.3) is 0 Å². The van der Waals surface area contributed by atoms with Gasteiger partial charge in [0.05, 0.1) is 13.2 Å². The topological polar surface area (TPSA) is 116 Å². The quantitative estimate of drug-likeness (QED) is 0.785. The van der Waals surface area contributed by atoms with Gasteiger partial charge >= 0.3 is 0 Å². The van der Waals surface area contributed by atoms with Crippen molar-refractivity contribution < 1.29 is 19.4 Å². The van der Waals surface area contributed by atoms with E-state index in [4.69, 9.17) is 4.74 Å². The van der Waals surface area contributed by atoms with Crippen molar-refractivity contribution in [3.05, 3.63) is 51.7 Å². The van der Waals surface area contributed by atoms with Gasteiger partial charge < -0.3 is 24.6 Å². The van der Waals surface area contributed by atoms with Crippen LogP contribution in [-0.2, 0) is 11.3 Å². The molecule has 1 aliphatic rings.